The van der Waals surface area contributed by atoms with Gasteiger partial charge in [0.2, 0.25) is 20.6 Å². The van der Waals surface area contributed by atoms with E-state index < -0.39 is 39.4 Å². The van der Waals surface area contributed by atoms with Crippen LogP contribution >= 0.6 is 0 Å². The Hall–Kier alpha value is -3.57. The van der Waals surface area contributed by atoms with E-state index in [0.29, 0.717) is 11.3 Å². The molecule has 1 amide bonds. The van der Waals surface area contributed by atoms with Gasteiger partial charge in [-0.2, -0.15) is 0 Å². The van der Waals surface area contributed by atoms with E-state index in [4.69, 9.17) is 11.5 Å². The van der Waals surface area contributed by atoms with E-state index >= 15 is 0 Å². The summed E-state index contributed by atoms with van der Waals surface area (Å²) < 4.78 is 27.3. The molecule has 0 spiro atoms. The molecular formula is C19H19N5O5S. The van der Waals surface area contributed by atoms with Crippen LogP contribution in [0.5, 0.6) is 0 Å². The summed E-state index contributed by atoms with van der Waals surface area (Å²) in [5, 5.41) is 17.5. The van der Waals surface area contributed by atoms with Gasteiger partial charge in [0.25, 0.3) is 0 Å². The highest BCUT2D eigenvalue weighted by Gasteiger charge is 2.48. The van der Waals surface area contributed by atoms with Gasteiger partial charge in [0, 0.05) is 12.0 Å². The van der Waals surface area contributed by atoms with Crippen LogP contribution in [0.2, 0.25) is 0 Å². The van der Waals surface area contributed by atoms with Crippen molar-refractivity contribution < 1.29 is 23.1 Å². The molecule has 0 unspecified atom stereocenters. The number of carbonyl (C=O) groups is 2. The van der Waals surface area contributed by atoms with Crippen molar-refractivity contribution in [2.24, 2.45) is 11.5 Å². The smallest absolute Gasteiger partial charge is 0.339 e. The molecule has 0 aliphatic rings. The molecule has 2 aromatic carbocycles. The molecule has 0 aliphatic heterocycles. The van der Waals surface area contributed by atoms with Gasteiger partial charge in [-0.25, -0.2) is 17.9 Å². The number of carboxylic acids is 1. The van der Waals surface area contributed by atoms with Crippen molar-refractivity contribution in [3.05, 3.63) is 60.8 Å². The van der Waals surface area contributed by atoms with E-state index in [1.54, 1.807) is 10.9 Å². The van der Waals surface area contributed by atoms with Crippen LogP contribution in [-0.2, 0) is 19.4 Å². The zero-order chi connectivity index (χ0) is 21.9. The van der Waals surface area contributed by atoms with Gasteiger partial charge in [-0.3, -0.25) is 4.79 Å². The number of sulfone groups is 1. The topological polar surface area (TPSA) is 171 Å². The maximum absolute atomic E-state index is 12.9. The van der Waals surface area contributed by atoms with Crippen LogP contribution in [0.3, 0.4) is 0 Å². The van der Waals surface area contributed by atoms with Gasteiger partial charge in [0.15, 0.2) is 0 Å². The first-order chi connectivity index (χ1) is 14.1. The van der Waals surface area contributed by atoms with E-state index in [1.165, 1.54) is 24.3 Å². The SMILES string of the molecule is NC(=O)CC[C@@](N)(C(=O)O)S(=O)(=O)c1ccc(-c2cn(-c3ccccc3)nn2)cc1. The van der Waals surface area contributed by atoms with Crippen molar-refractivity contribution in [3.8, 4) is 16.9 Å². The first-order valence-corrected chi connectivity index (χ1v) is 10.3. The summed E-state index contributed by atoms with van der Waals surface area (Å²) in [6.45, 7) is 0. The Labute approximate surface area is 172 Å². The molecule has 5 N–H and O–H groups in total. The molecular weight excluding hydrogens is 410 g/mol. The summed E-state index contributed by atoms with van der Waals surface area (Å²) in [5.74, 6) is -2.61. The first-order valence-electron chi connectivity index (χ1n) is 8.78. The zero-order valence-electron chi connectivity index (χ0n) is 15.7. The average molecular weight is 429 g/mol. The van der Waals surface area contributed by atoms with Gasteiger partial charge >= 0.3 is 5.97 Å². The van der Waals surface area contributed by atoms with Crippen LogP contribution < -0.4 is 11.5 Å². The van der Waals surface area contributed by atoms with Gasteiger partial charge in [-0.15, -0.1) is 5.10 Å². The predicted octanol–water partition coefficient (Wildman–Crippen LogP) is 0.713. The number of hydrogen-bond acceptors (Lipinski definition) is 7. The average Bonchev–Trinajstić information content (AvgIpc) is 3.22. The lowest BCUT2D eigenvalue weighted by Crippen LogP contribution is -2.55. The number of amides is 1. The molecule has 30 heavy (non-hydrogen) atoms. The highest BCUT2D eigenvalue weighted by molar-refractivity contribution is 7.93. The fourth-order valence-corrected chi connectivity index (χ4v) is 4.30. The fourth-order valence-electron chi connectivity index (χ4n) is 2.78. The maximum atomic E-state index is 12.9. The number of para-hydroxylation sites is 1. The normalized spacial score (nSPS) is 13.5. The second kappa shape index (κ2) is 8.05. The van der Waals surface area contributed by atoms with Gasteiger partial charge < -0.3 is 16.6 Å². The summed E-state index contributed by atoms with van der Waals surface area (Å²) in [6, 6.07) is 14.7. The van der Waals surface area contributed by atoms with Crippen LogP contribution in [0.4, 0.5) is 0 Å². The Morgan fingerprint density at radius 2 is 1.70 bits per heavy atom. The molecule has 3 rings (SSSR count). The van der Waals surface area contributed by atoms with Gasteiger partial charge in [0.05, 0.1) is 16.8 Å². The van der Waals surface area contributed by atoms with E-state index in [2.05, 4.69) is 10.3 Å². The minimum Gasteiger partial charge on any atom is -0.479 e. The minimum absolute atomic E-state index is 0.295. The third-order valence-corrected chi connectivity index (χ3v) is 6.79. The number of hydrogen-bond donors (Lipinski definition) is 3. The highest BCUT2D eigenvalue weighted by atomic mass is 32.2. The monoisotopic (exact) mass is 429 g/mol. The summed E-state index contributed by atoms with van der Waals surface area (Å²) >= 11 is 0. The first kappa shape index (κ1) is 21.1. The molecule has 0 fully saturated rings. The highest BCUT2D eigenvalue weighted by Crippen LogP contribution is 2.28. The van der Waals surface area contributed by atoms with Crippen LogP contribution in [0.25, 0.3) is 16.9 Å². The molecule has 0 saturated carbocycles. The number of carboxylic acid groups (broad SMARTS) is 1. The molecule has 0 aliphatic carbocycles. The summed E-state index contributed by atoms with van der Waals surface area (Å²) in [5.41, 5.74) is 12.6. The molecule has 0 radical (unpaired) electrons. The molecule has 1 heterocycles. The van der Waals surface area contributed by atoms with Crippen LogP contribution in [0.1, 0.15) is 12.8 Å². The molecule has 0 saturated heterocycles. The number of rotatable bonds is 8. The zero-order valence-corrected chi connectivity index (χ0v) is 16.5. The standard InChI is InChI=1S/C19H19N5O5S/c20-17(25)10-11-19(21,18(26)27)30(28,29)15-8-6-13(7-9-15)16-12-24(23-22-16)14-4-2-1-3-5-14/h1-9,12H,10-11,21H2,(H2,20,25)(H,26,27)/t19-/m0/s1. The van der Waals surface area contributed by atoms with Crippen LogP contribution in [-0.4, -0.2) is 45.3 Å². The lowest BCUT2D eigenvalue weighted by atomic mass is 10.1. The minimum atomic E-state index is -4.50. The summed E-state index contributed by atoms with van der Waals surface area (Å²) in [6.07, 6.45) is 0.548. The van der Waals surface area contributed by atoms with Crippen molar-refractivity contribution >= 4 is 21.7 Å². The quantitative estimate of drug-likeness (QED) is 0.470. The van der Waals surface area contributed by atoms with Gasteiger partial charge in [-0.05, 0) is 30.7 Å². The molecule has 1 atom stereocenters. The molecule has 3 aromatic rings. The predicted molar refractivity (Wildman–Crippen MR) is 107 cm³/mol. The number of primary amides is 1. The number of carbonyl (C=O) groups excluding carboxylic acids is 1. The number of aromatic nitrogens is 3. The number of nitrogens with two attached hydrogens (primary N) is 2. The molecule has 1 aromatic heterocycles. The second-order valence-electron chi connectivity index (χ2n) is 6.57. The van der Waals surface area contributed by atoms with Crippen molar-refractivity contribution in [2.75, 3.05) is 0 Å². The summed E-state index contributed by atoms with van der Waals surface area (Å²) in [7, 11) is -4.50. The lowest BCUT2D eigenvalue weighted by molar-refractivity contribution is -0.140. The maximum Gasteiger partial charge on any atom is 0.339 e. The third kappa shape index (κ3) is 3.93. The molecule has 11 heteroatoms. The Kier molecular flexibility index (Phi) is 5.67. The van der Waals surface area contributed by atoms with Crippen molar-refractivity contribution in [1.82, 2.24) is 15.0 Å². The Morgan fingerprint density at radius 1 is 1.07 bits per heavy atom. The van der Waals surface area contributed by atoms with E-state index in [1.807, 2.05) is 30.3 Å². The van der Waals surface area contributed by atoms with Crippen molar-refractivity contribution in [1.29, 1.82) is 0 Å². The van der Waals surface area contributed by atoms with Crippen LogP contribution in [0, 0.1) is 0 Å². The van der Waals surface area contributed by atoms with Gasteiger partial charge in [-0.1, -0.05) is 35.5 Å². The second-order valence-corrected chi connectivity index (χ2v) is 8.78. The number of aliphatic carboxylic acids is 1. The third-order valence-electron chi connectivity index (χ3n) is 4.56. The van der Waals surface area contributed by atoms with Gasteiger partial charge in [0.1, 0.15) is 5.69 Å². The van der Waals surface area contributed by atoms with E-state index in [9.17, 15) is 23.1 Å². The van der Waals surface area contributed by atoms with E-state index in [0.717, 1.165) is 5.69 Å². The van der Waals surface area contributed by atoms with Crippen molar-refractivity contribution in [2.45, 2.75) is 22.6 Å². The summed E-state index contributed by atoms with van der Waals surface area (Å²) in [4.78, 5) is 19.6. The molecule has 10 nitrogen and oxygen atoms in total. The largest absolute Gasteiger partial charge is 0.479 e. The molecule has 156 valence electrons. The Bertz CT molecular complexity index is 1180. The number of nitrogens with zero attached hydrogens (tertiary/aromatic N) is 3. The van der Waals surface area contributed by atoms with Crippen molar-refractivity contribution in [3.63, 3.8) is 0 Å². The van der Waals surface area contributed by atoms with Crippen LogP contribution in [0.15, 0.2) is 65.7 Å². The molecule has 0 bridgehead atoms. The lowest BCUT2D eigenvalue weighted by Gasteiger charge is -2.24. The number of benzene rings is 2. The van der Waals surface area contributed by atoms with E-state index in [-0.39, 0.29) is 4.90 Å². The Morgan fingerprint density at radius 3 is 2.27 bits per heavy atom. The Balaban J connectivity index is 1.90. The fraction of sp³-hybridized carbons (Fsp3) is 0.158.